The number of carbonyl (C=O) groups is 1. The van der Waals surface area contributed by atoms with Crippen LogP contribution in [0.3, 0.4) is 0 Å². The van der Waals surface area contributed by atoms with Crippen LogP contribution in [-0.2, 0) is 13.6 Å². The Morgan fingerprint density at radius 1 is 1.14 bits per heavy atom. The Bertz CT molecular complexity index is 1040. The van der Waals surface area contributed by atoms with E-state index in [1.54, 1.807) is 24.1 Å². The maximum absolute atomic E-state index is 13.4. The molecule has 0 atom stereocenters. The first-order chi connectivity index (χ1) is 13.5. The predicted molar refractivity (Wildman–Crippen MR) is 110 cm³/mol. The molecule has 28 heavy (non-hydrogen) atoms. The molecule has 2 aromatic carbocycles. The highest BCUT2D eigenvalue weighted by molar-refractivity contribution is 6.06. The Labute approximate surface area is 165 Å². The van der Waals surface area contributed by atoms with Gasteiger partial charge < -0.3 is 14.2 Å². The summed E-state index contributed by atoms with van der Waals surface area (Å²) in [6, 6.07) is 16.9. The zero-order valence-corrected chi connectivity index (χ0v) is 16.6. The molecule has 5 nitrogen and oxygen atoms in total. The van der Waals surface area contributed by atoms with E-state index in [0.717, 1.165) is 28.3 Å². The molecule has 1 aromatic heterocycles. The molecule has 0 spiro atoms. The Kier molecular flexibility index (Phi) is 5.51. The number of nitrogens with zero attached hydrogens (tertiary/aromatic N) is 3. The third-order valence-corrected chi connectivity index (χ3v) is 5.11. The summed E-state index contributed by atoms with van der Waals surface area (Å²) in [6.45, 7) is 4.33. The monoisotopic (exact) mass is 373 g/mol. The van der Waals surface area contributed by atoms with Crippen LogP contribution in [-0.4, -0.2) is 17.6 Å². The van der Waals surface area contributed by atoms with E-state index in [4.69, 9.17) is 10.00 Å². The van der Waals surface area contributed by atoms with Crippen LogP contribution in [0.5, 0.6) is 5.75 Å². The fourth-order valence-corrected chi connectivity index (χ4v) is 3.20. The second-order valence-electron chi connectivity index (χ2n) is 6.72. The number of aryl methyl sites for hydroxylation is 1. The van der Waals surface area contributed by atoms with E-state index in [1.165, 1.54) is 0 Å². The molecule has 3 rings (SSSR count). The molecule has 0 saturated heterocycles. The number of carbonyl (C=O) groups excluding carboxylic acids is 1. The summed E-state index contributed by atoms with van der Waals surface area (Å²) < 4.78 is 7.36. The lowest BCUT2D eigenvalue weighted by atomic mass is 10.1. The van der Waals surface area contributed by atoms with Gasteiger partial charge in [0.15, 0.2) is 0 Å². The van der Waals surface area contributed by atoms with E-state index in [1.807, 2.05) is 68.1 Å². The molecule has 0 aliphatic carbocycles. The highest BCUT2D eigenvalue weighted by Gasteiger charge is 2.22. The van der Waals surface area contributed by atoms with Gasteiger partial charge in [0.2, 0.25) is 0 Å². The minimum Gasteiger partial charge on any atom is -0.496 e. The molecular formula is C23H23N3O2. The lowest BCUT2D eigenvalue weighted by molar-refractivity contribution is 0.0984. The minimum absolute atomic E-state index is 0.0787. The molecule has 0 saturated carbocycles. The molecule has 0 fully saturated rings. The van der Waals surface area contributed by atoms with E-state index in [0.29, 0.717) is 17.7 Å². The van der Waals surface area contributed by atoms with Crippen molar-refractivity contribution in [3.05, 3.63) is 82.7 Å². The molecule has 0 unspecified atom stereocenters. The van der Waals surface area contributed by atoms with Crippen molar-refractivity contribution in [3.63, 3.8) is 0 Å². The van der Waals surface area contributed by atoms with Gasteiger partial charge in [-0.1, -0.05) is 12.1 Å². The average molecular weight is 373 g/mol. The van der Waals surface area contributed by atoms with Crippen LogP contribution in [0.15, 0.2) is 54.7 Å². The number of hydrogen-bond donors (Lipinski definition) is 0. The number of nitriles is 1. The normalized spacial score (nSPS) is 10.4. The summed E-state index contributed by atoms with van der Waals surface area (Å²) >= 11 is 0. The second kappa shape index (κ2) is 8.01. The second-order valence-corrected chi connectivity index (χ2v) is 6.72. The van der Waals surface area contributed by atoms with E-state index in [9.17, 15) is 4.79 Å². The van der Waals surface area contributed by atoms with Gasteiger partial charge in [0.05, 0.1) is 30.9 Å². The molecule has 1 amide bonds. The van der Waals surface area contributed by atoms with Gasteiger partial charge in [-0.05, 0) is 61.4 Å². The van der Waals surface area contributed by atoms with Gasteiger partial charge in [0.1, 0.15) is 5.75 Å². The van der Waals surface area contributed by atoms with E-state index < -0.39 is 0 Å². The molecule has 1 heterocycles. The number of hydrogen-bond acceptors (Lipinski definition) is 3. The Morgan fingerprint density at radius 3 is 2.43 bits per heavy atom. The average Bonchev–Trinajstić information content (AvgIpc) is 3.05. The first-order valence-corrected chi connectivity index (χ1v) is 9.02. The van der Waals surface area contributed by atoms with Crippen LogP contribution in [0.1, 0.15) is 32.7 Å². The molecule has 0 N–H and O–H groups in total. The van der Waals surface area contributed by atoms with Gasteiger partial charge in [-0.15, -0.1) is 0 Å². The van der Waals surface area contributed by atoms with Crippen molar-refractivity contribution < 1.29 is 9.53 Å². The standard InChI is InChI=1S/C23H23N3O2/c1-16-19(6-5-7-22(16)28-4)15-26(20-10-8-18(14-24)9-11-20)23(27)21-12-13-25(3)17(21)2/h5-13H,15H2,1-4H3. The van der Waals surface area contributed by atoms with Crippen molar-refractivity contribution in [2.45, 2.75) is 20.4 Å². The van der Waals surface area contributed by atoms with Gasteiger partial charge in [0, 0.05) is 24.6 Å². The Balaban J connectivity index is 2.05. The lowest BCUT2D eigenvalue weighted by Gasteiger charge is -2.24. The number of anilines is 1. The number of ether oxygens (including phenoxy) is 1. The van der Waals surface area contributed by atoms with E-state index in [-0.39, 0.29) is 5.91 Å². The topological polar surface area (TPSA) is 58.3 Å². The molecule has 142 valence electrons. The van der Waals surface area contributed by atoms with Crippen molar-refractivity contribution in [2.24, 2.45) is 7.05 Å². The summed E-state index contributed by atoms with van der Waals surface area (Å²) in [4.78, 5) is 15.2. The minimum atomic E-state index is -0.0787. The van der Waals surface area contributed by atoms with Crippen molar-refractivity contribution in [1.82, 2.24) is 4.57 Å². The number of aromatic nitrogens is 1. The van der Waals surface area contributed by atoms with Crippen LogP contribution in [0.25, 0.3) is 0 Å². The van der Waals surface area contributed by atoms with E-state index in [2.05, 4.69) is 6.07 Å². The zero-order chi connectivity index (χ0) is 20.3. The summed E-state index contributed by atoms with van der Waals surface area (Å²) in [7, 11) is 3.56. The van der Waals surface area contributed by atoms with Crippen molar-refractivity contribution in [3.8, 4) is 11.8 Å². The fourth-order valence-electron chi connectivity index (χ4n) is 3.20. The number of rotatable bonds is 5. The first kappa shape index (κ1) is 19.2. The number of benzene rings is 2. The molecule has 0 radical (unpaired) electrons. The molecule has 0 bridgehead atoms. The summed E-state index contributed by atoms with van der Waals surface area (Å²) in [6.07, 6.45) is 1.89. The van der Waals surface area contributed by atoms with Crippen LogP contribution in [0.2, 0.25) is 0 Å². The van der Waals surface area contributed by atoms with E-state index >= 15 is 0 Å². The van der Waals surface area contributed by atoms with Crippen LogP contribution < -0.4 is 9.64 Å². The third kappa shape index (κ3) is 3.63. The van der Waals surface area contributed by atoms with Crippen molar-refractivity contribution in [1.29, 1.82) is 5.26 Å². The number of methoxy groups -OCH3 is 1. The van der Waals surface area contributed by atoms with Gasteiger partial charge in [-0.2, -0.15) is 5.26 Å². The van der Waals surface area contributed by atoms with Crippen LogP contribution in [0, 0.1) is 25.2 Å². The Morgan fingerprint density at radius 2 is 1.86 bits per heavy atom. The van der Waals surface area contributed by atoms with Crippen molar-refractivity contribution >= 4 is 11.6 Å². The first-order valence-electron chi connectivity index (χ1n) is 9.02. The molecular weight excluding hydrogens is 350 g/mol. The smallest absolute Gasteiger partial charge is 0.260 e. The zero-order valence-electron chi connectivity index (χ0n) is 16.6. The fraction of sp³-hybridized carbons (Fsp3) is 0.217. The van der Waals surface area contributed by atoms with Gasteiger partial charge in [-0.25, -0.2) is 0 Å². The highest BCUT2D eigenvalue weighted by atomic mass is 16.5. The largest absolute Gasteiger partial charge is 0.496 e. The van der Waals surface area contributed by atoms with Crippen molar-refractivity contribution in [2.75, 3.05) is 12.0 Å². The summed E-state index contributed by atoms with van der Waals surface area (Å²) in [5.41, 5.74) is 4.88. The maximum Gasteiger partial charge on any atom is 0.260 e. The molecule has 5 heteroatoms. The number of amides is 1. The maximum atomic E-state index is 13.4. The SMILES string of the molecule is COc1cccc(CN(C(=O)c2ccn(C)c2C)c2ccc(C#N)cc2)c1C. The van der Waals surface area contributed by atoms with Crippen LogP contribution >= 0.6 is 0 Å². The quantitative estimate of drug-likeness (QED) is 0.667. The van der Waals surface area contributed by atoms with Gasteiger partial charge >= 0.3 is 0 Å². The summed E-state index contributed by atoms with van der Waals surface area (Å²) in [5.74, 6) is 0.714. The lowest BCUT2D eigenvalue weighted by Crippen LogP contribution is -2.31. The van der Waals surface area contributed by atoms with Crippen LogP contribution in [0.4, 0.5) is 5.69 Å². The van der Waals surface area contributed by atoms with Gasteiger partial charge in [-0.3, -0.25) is 4.79 Å². The molecule has 0 aliphatic heterocycles. The predicted octanol–water partition coefficient (Wildman–Crippen LogP) is 4.37. The highest BCUT2D eigenvalue weighted by Crippen LogP contribution is 2.27. The van der Waals surface area contributed by atoms with Gasteiger partial charge in [0.25, 0.3) is 5.91 Å². The molecule has 0 aliphatic rings. The summed E-state index contributed by atoms with van der Waals surface area (Å²) in [5, 5.41) is 9.08. The third-order valence-electron chi connectivity index (χ3n) is 5.11. The Hall–Kier alpha value is -3.52. The molecule has 3 aromatic rings.